The maximum Gasteiger partial charge on any atom is 0.110 e. The van der Waals surface area contributed by atoms with Crippen LogP contribution in [0.3, 0.4) is 0 Å². The summed E-state index contributed by atoms with van der Waals surface area (Å²) in [5, 5.41) is 3.22. The van der Waals surface area contributed by atoms with Crippen LogP contribution in [-0.4, -0.2) is 16.9 Å². The lowest BCUT2D eigenvalue weighted by Gasteiger charge is -2.25. The van der Waals surface area contributed by atoms with Gasteiger partial charge in [0.05, 0.1) is 17.6 Å². The van der Waals surface area contributed by atoms with Crippen molar-refractivity contribution in [3.05, 3.63) is 52.0 Å². The molecule has 2 aromatic rings. The van der Waals surface area contributed by atoms with E-state index in [9.17, 15) is 0 Å². The molecule has 0 N–H and O–H groups in total. The van der Waals surface area contributed by atoms with Crippen molar-refractivity contribution in [3.63, 3.8) is 0 Å². The Kier molecular flexibility index (Phi) is 5.37. The lowest BCUT2D eigenvalue weighted by molar-refractivity contribution is 0.230. The molecule has 19 heavy (non-hydrogen) atoms. The first-order chi connectivity index (χ1) is 9.24. The Hall–Kier alpha value is -0.900. The minimum absolute atomic E-state index is 0.363. The van der Waals surface area contributed by atoms with Crippen LogP contribution in [0.25, 0.3) is 0 Å². The van der Waals surface area contributed by atoms with E-state index in [0.717, 1.165) is 23.7 Å². The summed E-state index contributed by atoms with van der Waals surface area (Å²) >= 11 is 7.54. The number of hydrogen-bond donors (Lipinski definition) is 0. The number of benzene rings is 1. The molecule has 0 aliphatic rings. The van der Waals surface area contributed by atoms with E-state index in [0.29, 0.717) is 11.9 Å². The van der Waals surface area contributed by atoms with Crippen molar-refractivity contribution < 1.29 is 0 Å². The van der Waals surface area contributed by atoms with E-state index in [-0.39, 0.29) is 0 Å². The molecule has 2 nitrogen and oxygen atoms in total. The van der Waals surface area contributed by atoms with E-state index in [1.54, 1.807) is 11.3 Å². The quantitative estimate of drug-likeness (QED) is 0.731. The van der Waals surface area contributed by atoms with Crippen LogP contribution in [0.2, 0.25) is 0 Å². The van der Waals surface area contributed by atoms with Crippen molar-refractivity contribution in [1.82, 2.24) is 9.88 Å². The van der Waals surface area contributed by atoms with Gasteiger partial charge in [0.15, 0.2) is 0 Å². The largest absolute Gasteiger partial charge is 0.293 e. The van der Waals surface area contributed by atoms with Crippen molar-refractivity contribution >= 4 is 22.9 Å². The van der Waals surface area contributed by atoms with Gasteiger partial charge >= 0.3 is 0 Å². The summed E-state index contributed by atoms with van der Waals surface area (Å²) in [4.78, 5) is 6.96. The standard InChI is InChI=1S/C15H19ClN2S/c1-3-14(15-17-13(9-16)11-19-15)18(2)10-12-7-5-4-6-8-12/h4-8,11,14H,3,9-10H2,1-2H3. The Morgan fingerprint density at radius 2 is 2.05 bits per heavy atom. The number of aromatic nitrogens is 1. The van der Waals surface area contributed by atoms with Crippen molar-refractivity contribution in [3.8, 4) is 0 Å². The zero-order valence-electron chi connectivity index (χ0n) is 11.3. The summed E-state index contributed by atoms with van der Waals surface area (Å²) in [6.45, 7) is 3.14. The maximum absolute atomic E-state index is 5.83. The molecule has 1 aromatic carbocycles. The van der Waals surface area contributed by atoms with Gasteiger partial charge in [0.1, 0.15) is 5.01 Å². The molecule has 0 bridgehead atoms. The highest BCUT2D eigenvalue weighted by Crippen LogP contribution is 2.27. The van der Waals surface area contributed by atoms with Crippen LogP contribution in [0.4, 0.5) is 0 Å². The van der Waals surface area contributed by atoms with Crippen molar-refractivity contribution in [2.45, 2.75) is 31.8 Å². The SMILES string of the molecule is CCC(c1nc(CCl)cs1)N(C)Cc1ccccc1. The van der Waals surface area contributed by atoms with Crippen molar-refractivity contribution in [2.75, 3.05) is 7.05 Å². The zero-order valence-corrected chi connectivity index (χ0v) is 12.9. The van der Waals surface area contributed by atoms with E-state index >= 15 is 0 Å². The third-order valence-corrected chi connectivity index (χ3v) is 4.45. The molecular formula is C15H19ClN2S. The highest BCUT2D eigenvalue weighted by atomic mass is 35.5. The van der Waals surface area contributed by atoms with Gasteiger partial charge in [-0.25, -0.2) is 4.98 Å². The smallest absolute Gasteiger partial charge is 0.110 e. The van der Waals surface area contributed by atoms with E-state index < -0.39 is 0 Å². The summed E-state index contributed by atoms with van der Waals surface area (Å²) in [7, 11) is 2.16. The van der Waals surface area contributed by atoms with Gasteiger partial charge in [0, 0.05) is 11.9 Å². The van der Waals surface area contributed by atoms with Crippen LogP contribution in [-0.2, 0) is 12.4 Å². The number of halogens is 1. The van der Waals surface area contributed by atoms with Gasteiger partial charge in [0.25, 0.3) is 0 Å². The summed E-state index contributed by atoms with van der Waals surface area (Å²) < 4.78 is 0. The Morgan fingerprint density at radius 1 is 1.32 bits per heavy atom. The second kappa shape index (κ2) is 7.04. The zero-order chi connectivity index (χ0) is 13.7. The highest BCUT2D eigenvalue weighted by molar-refractivity contribution is 7.09. The van der Waals surface area contributed by atoms with Crippen LogP contribution in [0.5, 0.6) is 0 Å². The molecule has 0 spiro atoms. The molecule has 1 aromatic heterocycles. The molecule has 0 saturated carbocycles. The topological polar surface area (TPSA) is 16.1 Å². The summed E-state index contributed by atoms with van der Waals surface area (Å²) in [6, 6.07) is 10.9. The van der Waals surface area contributed by atoms with Gasteiger partial charge in [0.2, 0.25) is 0 Å². The van der Waals surface area contributed by atoms with Crippen LogP contribution in [0.1, 0.15) is 35.7 Å². The van der Waals surface area contributed by atoms with E-state index in [4.69, 9.17) is 11.6 Å². The molecule has 0 aliphatic heterocycles. The molecule has 0 radical (unpaired) electrons. The molecule has 102 valence electrons. The molecule has 0 amide bonds. The Bertz CT molecular complexity index is 498. The van der Waals surface area contributed by atoms with Crippen LogP contribution < -0.4 is 0 Å². The average molecular weight is 295 g/mol. The molecule has 1 heterocycles. The second-order valence-electron chi connectivity index (χ2n) is 4.64. The normalized spacial score (nSPS) is 12.8. The second-order valence-corrected chi connectivity index (χ2v) is 5.79. The highest BCUT2D eigenvalue weighted by Gasteiger charge is 2.18. The van der Waals surface area contributed by atoms with Crippen LogP contribution in [0, 0.1) is 0 Å². The summed E-state index contributed by atoms with van der Waals surface area (Å²) in [5.74, 6) is 0.495. The Morgan fingerprint density at radius 3 is 2.63 bits per heavy atom. The Labute approximate surface area is 124 Å². The fourth-order valence-electron chi connectivity index (χ4n) is 2.19. The molecule has 1 unspecified atom stereocenters. The van der Waals surface area contributed by atoms with Crippen LogP contribution in [0.15, 0.2) is 35.7 Å². The number of rotatable bonds is 6. The number of nitrogens with zero attached hydrogens (tertiary/aromatic N) is 2. The number of thiazole rings is 1. The fraction of sp³-hybridized carbons (Fsp3) is 0.400. The molecule has 1 atom stereocenters. The molecule has 2 rings (SSSR count). The summed E-state index contributed by atoms with van der Waals surface area (Å²) in [6.07, 6.45) is 1.05. The molecule has 0 aliphatic carbocycles. The van der Waals surface area contributed by atoms with Gasteiger partial charge in [-0.15, -0.1) is 22.9 Å². The van der Waals surface area contributed by atoms with Crippen molar-refractivity contribution in [1.29, 1.82) is 0 Å². The first-order valence-electron chi connectivity index (χ1n) is 6.49. The third-order valence-electron chi connectivity index (χ3n) is 3.19. The molecule has 4 heteroatoms. The monoisotopic (exact) mass is 294 g/mol. The van der Waals surface area contributed by atoms with Crippen LogP contribution >= 0.6 is 22.9 Å². The number of alkyl halides is 1. The first kappa shape index (κ1) is 14.5. The average Bonchev–Trinajstić information content (AvgIpc) is 2.89. The van der Waals surface area contributed by atoms with E-state index in [1.165, 1.54) is 5.56 Å². The van der Waals surface area contributed by atoms with Gasteiger partial charge in [-0.3, -0.25) is 4.90 Å². The minimum Gasteiger partial charge on any atom is -0.293 e. The van der Waals surface area contributed by atoms with Gasteiger partial charge in [-0.05, 0) is 19.0 Å². The Balaban J connectivity index is 2.08. The molecule has 0 fully saturated rings. The van der Waals surface area contributed by atoms with E-state index in [2.05, 4.69) is 53.5 Å². The summed E-state index contributed by atoms with van der Waals surface area (Å²) in [5.41, 5.74) is 2.31. The maximum atomic E-state index is 5.83. The lowest BCUT2D eigenvalue weighted by atomic mass is 10.1. The van der Waals surface area contributed by atoms with Gasteiger partial charge in [-0.2, -0.15) is 0 Å². The van der Waals surface area contributed by atoms with Gasteiger partial charge < -0.3 is 0 Å². The first-order valence-corrected chi connectivity index (χ1v) is 7.90. The lowest BCUT2D eigenvalue weighted by Crippen LogP contribution is -2.23. The van der Waals surface area contributed by atoms with Crippen molar-refractivity contribution in [2.24, 2.45) is 0 Å². The predicted molar refractivity (Wildman–Crippen MR) is 82.6 cm³/mol. The van der Waals surface area contributed by atoms with E-state index in [1.807, 2.05) is 6.07 Å². The predicted octanol–water partition coefficient (Wildman–Crippen LogP) is 4.47. The minimum atomic E-state index is 0.363. The van der Waals surface area contributed by atoms with Gasteiger partial charge in [-0.1, -0.05) is 37.3 Å². The molecular weight excluding hydrogens is 276 g/mol. The third kappa shape index (κ3) is 3.78. The molecule has 0 saturated heterocycles. The number of hydrogen-bond acceptors (Lipinski definition) is 3. The fourth-order valence-corrected chi connectivity index (χ4v) is 3.49.